The lowest BCUT2D eigenvalue weighted by molar-refractivity contribution is -0.111. The van der Waals surface area contributed by atoms with Crippen molar-refractivity contribution in [1.29, 1.82) is 0 Å². The van der Waals surface area contributed by atoms with Crippen molar-refractivity contribution in [3.05, 3.63) is 63.6 Å². The topological polar surface area (TPSA) is 51.5 Å². The highest BCUT2D eigenvalue weighted by Crippen LogP contribution is 2.35. The van der Waals surface area contributed by atoms with Gasteiger partial charge in [0.1, 0.15) is 22.9 Å². The zero-order valence-electron chi connectivity index (χ0n) is 16.2. The van der Waals surface area contributed by atoms with Crippen molar-refractivity contribution in [2.24, 2.45) is 0 Å². The molecule has 2 aromatic carbocycles. The Hall–Kier alpha value is -2.60. The summed E-state index contributed by atoms with van der Waals surface area (Å²) in [5, 5.41) is 3.55. The fourth-order valence-electron chi connectivity index (χ4n) is 2.99. The van der Waals surface area contributed by atoms with E-state index in [0.717, 1.165) is 27.9 Å². The summed E-state index contributed by atoms with van der Waals surface area (Å²) in [7, 11) is 0. The van der Waals surface area contributed by atoms with Crippen molar-refractivity contribution in [2.45, 2.75) is 27.7 Å². The number of ether oxygens (including phenoxy) is 1. The number of aryl methyl sites for hydroxylation is 2. The number of halogens is 2. The molecule has 1 N–H and O–H groups in total. The molecule has 1 amide bonds. The maximum absolute atomic E-state index is 14.0. The number of rotatable bonds is 5. The maximum atomic E-state index is 14.0. The van der Waals surface area contributed by atoms with Crippen LogP contribution in [0, 0.1) is 19.7 Å². The molecule has 0 aliphatic rings. The highest BCUT2D eigenvalue weighted by molar-refractivity contribution is 9.10. The van der Waals surface area contributed by atoms with Gasteiger partial charge in [-0.25, -0.2) is 4.39 Å². The Morgan fingerprint density at radius 1 is 1.29 bits per heavy atom. The molecule has 0 radical (unpaired) electrons. The molecule has 28 heavy (non-hydrogen) atoms. The maximum Gasteiger partial charge on any atom is 0.248 e. The van der Waals surface area contributed by atoms with Crippen LogP contribution in [-0.4, -0.2) is 12.5 Å². The lowest BCUT2D eigenvalue weighted by Gasteiger charge is -2.11. The summed E-state index contributed by atoms with van der Waals surface area (Å²) in [4.78, 5) is 12.4. The van der Waals surface area contributed by atoms with E-state index in [0.29, 0.717) is 22.4 Å². The van der Waals surface area contributed by atoms with Gasteiger partial charge in [0.25, 0.3) is 0 Å². The second-order valence-electron chi connectivity index (χ2n) is 6.50. The predicted molar refractivity (Wildman–Crippen MR) is 113 cm³/mol. The van der Waals surface area contributed by atoms with Gasteiger partial charge in [-0.2, -0.15) is 0 Å². The van der Waals surface area contributed by atoms with Crippen molar-refractivity contribution in [3.8, 4) is 5.75 Å². The van der Waals surface area contributed by atoms with Crippen LogP contribution in [-0.2, 0) is 4.79 Å². The molecule has 6 heteroatoms. The first-order valence-corrected chi connectivity index (χ1v) is 9.70. The van der Waals surface area contributed by atoms with E-state index >= 15 is 0 Å². The van der Waals surface area contributed by atoms with Crippen LogP contribution in [0.2, 0.25) is 0 Å². The smallest absolute Gasteiger partial charge is 0.248 e. The Kier molecular flexibility index (Phi) is 5.89. The van der Waals surface area contributed by atoms with E-state index in [4.69, 9.17) is 9.15 Å². The average Bonchev–Trinajstić information content (AvgIpc) is 2.90. The van der Waals surface area contributed by atoms with Crippen molar-refractivity contribution >= 4 is 44.1 Å². The van der Waals surface area contributed by atoms with Crippen LogP contribution in [0.25, 0.3) is 16.5 Å². The summed E-state index contributed by atoms with van der Waals surface area (Å²) in [6.45, 7) is 8.12. The number of hydrogen-bond donors (Lipinski definition) is 1. The Labute approximate surface area is 171 Å². The number of benzene rings is 2. The first kappa shape index (κ1) is 20.1. The third-order valence-electron chi connectivity index (χ3n) is 4.54. The molecule has 146 valence electrons. The minimum atomic E-state index is -0.505. The van der Waals surface area contributed by atoms with E-state index in [1.54, 1.807) is 6.07 Å². The van der Waals surface area contributed by atoms with Gasteiger partial charge in [-0.1, -0.05) is 15.9 Å². The standard InChI is InChI=1S/C22H21BrFNO3/c1-5-27-20-11-21-17(13(3)14(4)28-21)10-16(20)12(2)8-22(26)25-19-7-6-15(23)9-18(19)24/h6-11H,5H2,1-4H3,(H,25,26)/b12-8+. The third kappa shape index (κ3) is 4.12. The van der Waals surface area contributed by atoms with Crippen LogP contribution >= 0.6 is 15.9 Å². The lowest BCUT2D eigenvalue weighted by atomic mass is 10.0. The number of carbonyl (C=O) groups is 1. The van der Waals surface area contributed by atoms with E-state index in [1.807, 2.05) is 39.8 Å². The van der Waals surface area contributed by atoms with Crippen LogP contribution in [0.1, 0.15) is 30.7 Å². The predicted octanol–water partition coefficient (Wildman–Crippen LogP) is 6.39. The van der Waals surface area contributed by atoms with Crippen molar-refractivity contribution < 1.29 is 18.3 Å². The van der Waals surface area contributed by atoms with E-state index in [-0.39, 0.29) is 5.69 Å². The fourth-order valence-corrected chi connectivity index (χ4v) is 3.32. The molecular formula is C22H21BrFNO3. The second-order valence-corrected chi connectivity index (χ2v) is 7.42. The lowest BCUT2D eigenvalue weighted by Crippen LogP contribution is -2.10. The fraction of sp³-hybridized carbons (Fsp3) is 0.227. The van der Waals surface area contributed by atoms with E-state index in [2.05, 4.69) is 21.2 Å². The summed E-state index contributed by atoms with van der Waals surface area (Å²) < 4.78 is 26.1. The number of fused-ring (bicyclic) bond motifs is 1. The number of nitrogens with one attached hydrogen (secondary N) is 1. The van der Waals surface area contributed by atoms with Gasteiger partial charge in [-0.05, 0) is 63.1 Å². The first-order chi connectivity index (χ1) is 13.3. The Morgan fingerprint density at radius 3 is 2.71 bits per heavy atom. The van der Waals surface area contributed by atoms with Gasteiger partial charge in [0.2, 0.25) is 5.91 Å². The zero-order valence-corrected chi connectivity index (χ0v) is 17.7. The van der Waals surface area contributed by atoms with Gasteiger partial charge >= 0.3 is 0 Å². The molecule has 0 bridgehead atoms. The van der Waals surface area contributed by atoms with E-state index < -0.39 is 11.7 Å². The SMILES string of the molecule is CCOc1cc2oc(C)c(C)c2cc1/C(C)=C/C(=O)Nc1ccc(Br)cc1F. The van der Waals surface area contributed by atoms with Crippen molar-refractivity contribution in [2.75, 3.05) is 11.9 Å². The molecule has 1 heterocycles. The molecule has 0 atom stereocenters. The number of anilines is 1. The highest BCUT2D eigenvalue weighted by atomic mass is 79.9. The molecule has 0 aliphatic carbocycles. The minimum Gasteiger partial charge on any atom is -0.493 e. The number of allylic oxidation sites excluding steroid dienone is 1. The zero-order chi connectivity index (χ0) is 20.4. The van der Waals surface area contributed by atoms with Gasteiger partial charge in [0.05, 0.1) is 12.3 Å². The average molecular weight is 446 g/mol. The van der Waals surface area contributed by atoms with Crippen molar-refractivity contribution in [3.63, 3.8) is 0 Å². The van der Waals surface area contributed by atoms with Gasteiger partial charge in [0, 0.05) is 27.6 Å². The van der Waals surface area contributed by atoms with Crippen LogP contribution < -0.4 is 10.1 Å². The van der Waals surface area contributed by atoms with Gasteiger partial charge in [0.15, 0.2) is 0 Å². The number of amides is 1. The summed E-state index contributed by atoms with van der Waals surface area (Å²) in [5.74, 6) is 0.566. The molecule has 0 saturated carbocycles. The molecule has 0 aliphatic heterocycles. The van der Waals surface area contributed by atoms with E-state index in [9.17, 15) is 9.18 Å². The summed E-state index contributed by atoms with van der Waals surface area (Å²) in [5.41, 5.74) is 3.42. The molecule has 4 nitrogen and oxygen atoms in total. The molecule has 0 saturated heterocycles. The Morgan fingerprint density at radius 2 is 2.04 bits per heavy atom. The normalized spacial score (nSPS) is 11.7. The third-order valence-corrected chi connectivity index (χ3v) is 5.03. The number of carbonyl (C=O) groups excluding carboxylic acids is 1. The molecule has 0 unspecified atom stereocenters. The van der Waals surface area contributed by atoms with Crippen LogP contribution in [0.5, 0.6) is 5.75 Å². The van der Waals surface area contributed by atoms with E-state index in [1.165, 1.54) is 18.2 Å². The largest absolute Gasteiger partial charge is 0.493 e. The molecule has 0 spiro atoms. The summed E-state index contributed by atoms with van der Waals surface area (Å²) in [6, 6.07) is 8.29. The van der Waals surface area contributed by atoms with Gasteiger partial charge in [-0.3, -0.25) is 4.79 Å². The molecule has 0 fully saturated rings. The molecule has 3 rings (SSSR count). The molecule has 3 aromatic rings. The highest BCUT2D eigenvalue weighted by Gasteiger charge is 2.15. The van der Waals surface area contributed by atoms with Crippen molar-refractivity contribution in [1.82, 2.24) is 0 Å². The number of furan rings is 1. The quantitative estimate of drug-likeness (QED) is 0.462. The number of hydrogen-bond acceptors (Lipinski definition) is 3. The van der Waals surface area contributed by atoms with Crippen LogP contribution in [0.3, 0.4) is 0 Å². The Balaban J connectivity index is 1.96. The monoisotopic (exact) mass is 445 g/mol. The Bertz CT molecular complexity index is 1090. The summed E-state index contributed by atoms with van der Waals surface area (Å²) in [6.07, 6.45) is 1.44. The van der Waals surface area contributed by atoms with Gasteiger partial charge < -0.3 is 14.5 Å². The van der Waals surface area contributed by atoms with Gasteiger partial charge in [-0.15, -0.1) is 0 Å². The minimum absolute atomic E-state index is 0.124. The molecule has 1 aromatic heterocycles. The van der Waals surface area contributed by atoms with Crippen LogP contribution in [0.4, 0.5) is 10.1 Å². The van der Waals surface area contributed by atoms with Crippen LogP contribution in [0.15, 0.2) is 45.3 Å². The first-order valence-electron chi connectivity index (χ1n) is 8.91. The molecular weight excluding hydrogens is 425 g/mol. The summed E-state index contributed by atoms with van der Waals surface area (Å²) >= 11 is 3.20. The second kappa shape index (κ2) is 8.19.